The zero-order valence-electron chi connectivity index (χ0n) is 12.6. The minimum Gasteiger partial charge on any atom is -0.315 e. The summed E-state index contributed by atoms with van der Waals surface area (Å²) in [6.45, 7) is 4.93. The summed E-state index contributed by atoms with van der Waals surface area (Å²) in [6.07, 6.45) is 4.88. The van der Waals surface area contributed by atoms with Crippen molar-refractivity contribution in [2.45, 2.75) is 43.8 Å². The molecule has 20 heavy (non-hydrogen) atoms. The van der Waals surface area contributed by atoms with Crippen molar-refractivity contribution in [2.24, 2.45) is 0 Å². The predicted molar refractivity (Wildman–Crippen MR) is 83.9 cm³/mol. The van der Waals surface area contributed by atoms with Crippen molar-refractivity contribution in [3.63, 3.8) is 0 Å². The molecule has 0 heterocycles. The van der Waals surface area contributed by atoms with Gasteiger partial charge in [0, 0.05) is 19.3 Å². The van der Waals surface area contributed by atoms with Crippen LogP contribution in [0, 0.1) is 0 Å². The van der Waals surface area contributed by atoms with E-state index in [-0.39, 0.29) is 0 Å². The van der Waals surface area contributed by atoms with E-state index < -0.39 is 14.6 Å². The van der Waals surface area contributed by atoms with Gasteiger partial charge in [0.2, 0.25) is 0 Å². The summed E-state index contributed by atoms with van der Waals surface area (Å²) in [6, 6.07) is 8.61. The van der Waals surface area contributed by atoms with Crippen molar-refractivity contribution in [1.82, 2.24) is 5.32 Å². The van der Waals surface area contributed by atoms with Gasteiger partial charge < -0.3 is 5.32 Å². The number of hydrogen-bond acceptors (Lipinski definition) is 3. The second-order valence-electron chi connectivity index (χ2n) is 6.45. The number of benzene rings is 1. The maximum atomic E-state index is 11.7. The Bertz CT molecular complexity index is 564. The Labute approximate surface area is 122 Å². The summed E-state index contributed by atoms with van der Waals surface area (Å²) >= 11 is 0. The minimum atomic E-state index is -3.03. The van der Waals surface area contributed by atoms with E-state index in [0.29, 0.717) is 12.5 Å². The highest BCUT2D eigenvalue weighted by molar-refractivity contribution is 7.92. The van der Waals surface area contributed by atoms with E-state index in [4.69, 9.17) is 0 Å². The van der Waals surface area contributed by atoms with E-state index in [2.05, 4.69) is 29.6 Å². The first-order chi connectivity index (χ1) is 9.31. The van der Waals surface area contributed by atoms with Crippen LogP contribution >= 0.6 is 0 Å². The zero-order chi connectivity index (χ0) is 14.8. The lowest BCUT2D eigenvalue weighted by molar-refractivity contribution is 0.475. The van der Waals surface area contributed by atoms with Gasteiger partial charge in [-0.05, 0) is 50.2 Å². The van der Waals surface area contributed by atoms with Gasteiger partial charge in [0.25, 0.3) is 0 Å². The van der Waals surface area contributed by atoms with Gasteiger partial charge in [-0.1, -0.05) is 24.3 Å². The van der Waals surface area contributed by atoms with E-state index >= 15 is 0 Å². The molecule has 1 aromatic carbocycles. The zero-order valence-corrected chi connectivity index (χ0v) is 13.5. The van der Waals surface area contributed by atoms with E-state index in [1.165, 1.54) is 36.6 Å². The first-order valence-corrected chi connectivity index (χ1v) is 9.18. The van der Waals surface area contributed by atoms with Crippen LogP contribution in [0.4, 0.5) is 0 Å². The molecule has 0 bridgehead atoms. The molecule has 0 radical (unpaired) electrons. The van der Waals surface area contributed by atoms with Gasteiger partial charge in [0.15, 0.2) is 9.84 Å². The maximum Gasteiger partial charge on any atom is 0.153 e. The van der Waals surface area contributed by atoms with Gasteiger partial charge in [-0.15, -0.1) is 0 Å². The molecule has 0 saturated carbocycles. The molecule has 1 atom stereocenters. The van der Waals surface area contributed by atoms with Crippen LogP contribution in [0.25, 0.3) is 0 Å². The first-order valence-electron chi connectivity index (χ1n) is 7.29. The summed E-state index contributed by atoms with van der Waals surface area (Å²) in [7, 11) is -3.03. The average Bonchev–Trinajstić information content (AvgIpc) is 2.37. The van der Waals surface area contributed by atoms with Crippen LogP contribution in [-0.4, -0.2) is 32.5 Å². The van der Waals surface area contributed by atoms with E-state index in [0.717, 1.165) is 6.54 Å². The monoisotopic (exact) mass is 295 g/mol. The van der Waals surface area contributed by atoms with E-state index in [9.17, 15) is 8.42 Å². The summed E-state index contributed by atoms with van der Waals surface area (Å²) in [5.41, 5.74) is 2.89. The fourth-order valence-electron chi connectivity index (χ4n) is 2.75. The summed E-state index contributed by atoms with van der Waals surface area (Å²) in [5.74, 6) is 0.510. The third-order valence-corrected chi connectivity index (χ3v) is 6.59. The number of nitrogens with one attached hydrogen (secondary N) is 1. The number of sulfone groups is 1. The Hall–Kier alpha value is -0.870. The SMILES string of the molecule is CC(C)(CNCC1CCCc2ccccc21)S(C)(=O)=O. The fourth-order valence-corrected chi connectivity index (χ4v) is 3.11. The Morgan fingerprint density at radius 2 is 2.00 bits per heavy atom. The van der Waals surface area contributed by atoms with Crippen LogP contribution in [0.1, 0.15) is 43.7 Å². The maximum absolute atomic E-state index is 11.7. The quantitative estimate of drug-likeness (QED) is 0.908. The van der Waals surface area contributed by atoms with Crippen LogP contribution in [-0.2, 0) is 16.3 Å². The van der Waals surface area contributed by atoms with Crippen LogP contribution in [0.15, 0.2) is 24.3 Å². The van der Waals surface area contributed by atoms with Crippen LogP contribution < -0.4 is 5.32 Å². The van der Waals surface area contributed by atoms with Crippen LogP contribution in [0.2, 0.25) is 0 Å². The molecule has 1 N–H and O–H groups in total. The van der Waals surface area contributed by atoms with E-state index in [1.54, 1.807) is 13.8 Å². The summed E-state index contributed by atoms with van der Waals surface area (Å²) in [4.78, 5) is 0. The molecule has 0 aromatic heterocycles. The molecule has 4 heteroatoms. The molecule has 0 spiro atoms. The second kappa shape index (κ2) is 5.86. The molecule has 0 amide bonds. The number of rotatable bonds is 5. The van der Waals surface area contributed by atoms with Crippen molar-refractivity contribution < 1.29 is 8.42 Å². The van der Waals surface area contributed by atoms with Gasteiger partial charge in [-0.2, -0.15) is 0 Å². The highest BCUT2D eigenvalue weighted by atomic mass is 32.2. The highest BCUT2D eigenvalue weighted by Crippen LogP contribution is 2.30. The second-order valence-corrected chi connectivity index (χ2v) is 9.10. The van der Waals surface area contributed by atoms with Crippen LogP contribution in [0.5, 0.6) is 0 Å². The summed E-state index contributed by atoms with van der Waals surface area (Å²) < 4.78 is 22.7. The Kier molecular flexibility index (Phi) is 4.55. The topological polar surface area (TPSA) is 46.2 Å². The average molecular weight is 295 g/mol. The molecular formula is C16H25NO2S. The first kappa shape index (κ1) is 15.5. The Balaban J connectivity index is 1.97. The minimum absolute atomic E-state index is 0.504. The summed E-state index contributed by atoms with van der Waals surface area (Å²) in [5, 5.41) is 3.36. The van der Waals surface area contributed by atoms with Gasteiger partial charge in [0.05, 0.1) is 4.75 Å². The lowest BCUT2D eigenvalue weighted by Gasteiger charge is -2.28. The molecule has 1 aliphatic carbocycles. The van der Waals surface area contributed by atoms with Crippen molar-refractivity contribution in [1.29, 1.82) is 0 Å². The normalized spacial score (nSPS) is 19.6. The Morgan fingerprint density at radius 1 is 1.30 bits per heavy atom. The third-order valence-electron chi connectivity index (χ3n) is 4.44. The van der Waals surface area contributed by atoms with Crippen molar-refractivity contribution in [3.05, 3.63) is 35.4 Å². The molecule has 2 rings (SSSR count). The molecule has 3 nitrogen and oxygen atoms in total. The van der Waals surface area contributed by atoms with Crippen molar-refractivity contribution >= 4 is 9.84 Å². The third kappa shape index (κ3) is 3.41. The molecule has 0 aliphatic heterocycles. The smallest absolute Gasteiger partial charge is 0.153 e. The lowest BCUT2D eigenvalue weighted by Crippen LogP contribution is -2.43. The van der Waals surface area contributed by atoms with Gasteiger partial charge in [-0.25, -0.2) is 8.42 Å². The van der Waals surface area contributed by atoms with Crippen LogP contribution in [0.3, 0.4) is 0 Å². The van der Waals surface area contributed by atoms with Crippen molar-refractivity contribution in [2.75, 3.05) is 19.3 Å². The fraction of sp³-hybridized carbons (Fsp3) is 0.625. The number of aryl methyl sites for hydroxylation is 1. The lowest BCUT2D eigenvalue weighted by atomic mass is 9.83. The van der Waals surface area contributed by atoms with Gasteiger partial charge >= 0.3 is 0 Å². The predicted octanol–water partition coefficient (Wildman–Crippen LogP) is 2.52. The van der Waals surface area contributed by atoms with Gasteiger partial charge in [-0.3, -0.25) is 0 Å². The van der Waals surface area contributed by atoms with E-state index in [1.807, 2.05) is 0 Å². The molecule has 0 saturated heterocycles. The number of hydrogen-bond donors (Lipinski definition) is 1. The standard InChI is InChI=1S/C16H25NO2S/c1-16(2,20(3,18)19)12-17-11-14-9-6-8-13-7-4-5-10-15(13)14/h4-5,7,10,14,17H,6,8-9,11-12H2,1-3H3. The Morgan fingerprint density at radius 3 is 2.70 bits per heavy atom. The molecule has 1 unspecified atom stereocenters. The van der Waals surface area contributed by atoms with Crippen molar-refractivity contribution in [3.8, 4) is 0 Å². The molecule has 0 fully saturated rings. The highest BCUT2D eigenvalue weighted by Gasteiger charge is 2.30. The van der Waals surface area contributed by atoms with Gasteiger partial charge in [0.1, 0.15) is 0 Å². The molecular weight excluding hydrogens is 270 g/mol. The molecule has 1 aliphatic rings. The molecule has 1 aromatic rings. The molecule has 112 valence electrons. The largest absolute Gasteiger partial charge is 0.315 e. The number of fused-ring (bicyclic) bond motifs is 1.